The third-order valence-corrected chi connectivity index (χ3v) is 3.80. The smallest absolute Gasteiger partial charge is 0.265 e. The maximum Gasteiger partial charge on any atom is 0.265 e. The minimum absolute atomic E-state index is 0.125. The van der Waals surface area contributed by atoms with Crippen LogP contribution in [0, 0.1) is 6.92 Å². The summed E-state index contributed by atoms with van der Waals surface area (Å²) < 4.78 is 11.0. The molecule has 1 aliphatic rings. The van der Waals surface area contributed by atoms with Gasteiger partial charge in [0.15, 0.2) is 6.10 Å². The highest BCUT2D eigenvalue weighted by Gasteiger charge is 2.26. The number of fused-ring (bicyclic) bond motifs is 1. The molecule has 0 fully saturated rings. The van der Waals surface area contributed by atoms with Crippen LogP contribution in [0.25, 0.3) is 0 Å². The molecule has 4 heteroatoms. The van der Waals surface area contributed by atoms with Crippen molar-refractivity contribution in [3.05, 3.63) is 53.6 Å². The molecule has 0 saturated heterocycles. The molecule has 0 aromatic heterocycles. The van der Waals surface area contributed by atoms with Gasteiger partial charge in [0.2, 0.25) is 0 Å². The lowest BCUT2D eigenvalue weighted by Crippen LogP contribution is -2.35. The SMILES string of the molecule is COc1cccc(NC(=O)C2CCc3ccc(C)cc3O2)c1. The van der Waals surface area contributed by atoms with Gasteiger partial charge in [-0.05, 0) is 49.1 Å². The molecule has 3 rings (SSSR count). The summed E-state index contributed by atoms with van der Waals surface area (Å²) in [6, 6.07) is 13.4. The maximum absolute atomic E-state index is 12.4. The van der Waals surface area contributed by atoms with E-state index in [1.54, 1.807) is 13.2 Å². The van der Waals surface area contributed by atoms with Gasteiger partial charge in [-0.15, -0.1) is 0 Å². The first-order valence-electron chi connectivity index (χ1n) is 7.37. The number of amides is 1. The van der Waals surface area contributed by atoms with E-state index in [1.165, 1.54) is 0 Å². The van der Waals surface area contributed by atoms with E-state index >= 15 is 0 Å². The Hall–Kier alpha value is -2.49. The first-order chi connectivity index (χ1) is 10.7. The van der Waals surface area contributed by atoms with E-state index in [2.05, 4.69) is 17.4 Å². The van der Waals surface area contributed by atoms with E-state index in [9.17, 15) is 4.79 Å². The molecule has 4 nitrogen and oxygen atoms in total. The molecule has 0 saturated carbocycles. The van der Waals surface area contributed by atoms with Crippen molar-refractivity contribution in [2.24, 2.45) is 0 Å². The van der Waals surface area contributed by atoms with Crippen LogP contribution in [0.5, 0.6) is 11.5 Å². The highest BCUT2D eigenvalue weighted by atomic mass is 16.5. The Morgan fingerprint density at radius 3 is 2.95 bits per heavy atom. The van der Waals surface area contributed by atoms with Crippen LogP contribution in [0.3, 0.4) is 0 Å². The zero-order chi connectivity index (χ0) is 15.5. The van der Waals surface area contributed by atoms with Gasteiger partial charge in [0.25, 0.3) is 5.91 Å². The number of methoxy groups -OCH3 is 1. The number of hydrogen-bond acceptors (Lipinski definition) is 3. The number of rotatable bonds is 3. The van der Waals surface area contributed by atoms with Crippen LogP contribution in [0.2, 0.25) is 0 Å². The van der Waals surface area contributed by atoms with Gasteiger partial charge in [-0.25, -0.2) is 0 Å². The van der Waals surface area contributed by atoms with Crippen molar-refractivity contribution in [1.29, 1.82) is 0 Å². The lowest BCUT2D eigenvalue weighted by atomic mass is 10.0. The molecule has 0 spiro atoms. The zero-order valence-electron chi connectivity index (χ0n) is 12.8. The number of carbonyl (C=O) groups is 1. The number of anilines is 1. The molecule has 1 heterocycles. The predicted molar refractivity (Wildman–Crippen MR) is 85.5 cm³/mol. The fourth-order valence-electron chi connectivity index (χ4n) is 2.58. The van der Waals surface area contributed by atoms with Crippen LogP contribution in [-0.4, -0.2) is 19.1 Å². The first kappa shape index (κ1) is 14.4. The molecule has 1 N–H and O–H groups in total. The summed E-state index contributed by atoms with van der Waals surface area (Å²) in [4.78, 5) is 12.4. The number of hydrogen-bond donors (Lipinski definition) is 1. The Bertz CT molecular complexity index is 696. The maximum atomic E-state index is 12.4. The van der Waals surface area contributed by atoms with Crippen molar-refractivity contribution in [1.82, 2.24) is 0 Å². The average Bonchev–Trinajstić information content (AvgIpc) is 2.54. The lowest BCUT2D eigenvalue weighted by molar-refractivity contribution is -0.123. The van der Waals surface area contributed by atoms with Crippen molar-refractivity contribution < 1.29 is 14.3 Å². The second-order valence-electron chi connectivity index (χ2n) is 5.48. The van der Waals surface area contributed by atoms with Crippen LogP contribution in [0.15, 0.2) is 42.5 Å². The predicted octanol–water partition coefficient (Wildman–Crippen LogP) is 3.34. The number of nitrogens with one attached hydrogen (secondary N) is 1. The van der Waals surface area contributed by atoms with Gasteiger partial charge in [-0.2, -0.15) is 0 Å². The summed E-state index contributed by atoms with van der Waals surface area (Å²) in [5, 5.41) is 2.89. The fraction of sp³-hybridized carbons (Fsp3) is 0.278. The Labute approximate surface area is 130 Å². The molecule has 1 unspecified atom stereocenters. The van der Waals surface area contributed by atoms with E-state index in [0.29, 0.717) is 17.9 Å². The summed E-state index contributed by atoms with van der Waals surface area (Å²) in [6.07, 6.45) is 1.08. The minimum atomic E-state index is -0.458. The second kappa shape index (κ2) is 6.10. The van der Waals surface area contributed by atoms with E-state index < -0.39 is 6.10 Å². The van der Waals surface area contributed by atoms with Gasteiger partial charge in [0.05, 0.1) is 7.11 Å². The molecule has 0 aliphatic carbocycles. The lowest BCUT2D eigenvalue weighted by Gasteiger charge is -2.25. The molecular formula is C18H19NO3. The highest BCUT2D eigenvalue weighted by molar-refractivity contribution is 5.94. The van der Waals surface area contributed by atoms with Gasteiger partial charge < -0.3 is 14.8 Å². The van der Waals surface area contributed by atoms with Crippen LogP contribution in [0.1, 0.15) is 17.5 Å². The Kier molecular flexibility index (Phi) is 4.00. The van der Waals surface area contributed by atoms with Crippen LogP contribution >= 0.6 is 0 Å². The molecule has 2 aromatic rings. The molecule has 22 heavy (non-hydrogen) atoms. The van der Waals surface area contributed by atoms with Gasteiger partial charge in [-0.1, -0.05) is 18.2 Å². The highest BCUT2D eigenvalue weighted by Crippen LogP contribution is 2.29. The minimum Gasteiger partial charge on any atom is -0.497 e. The van der Waals surface area contributed by atoms with Crippen molar-refractivity contribution in [3.8, 4) is 11.5 Å². The van der Waals surface area contributed by atoms with Gasteiger partial charge >= 0.3 is 0 Å². The monoisotopic (exact) mass is 297 g/mol. The molecule has 0 radical (unpaired) electrons. The Morgan fingerprint density at radius 1 is 1.27 bits per heavy atom. The molecule has 1 aliphatic heterocycles. The standard InChI is InChI=1S/C18H19NO3/c1-12-6-7-13-8-9-16(22-17(13)10-12)18(20)19-14-4-3-5-15(11-14)21-2/h3-7,10-11,16H,8-9H2,1-2H3,(H,19,20). The van der Waals surface area contributed by atoms with E-state index in [-0.39, 0.29) is 5.91 Å². The van der Waals surface area contributed by atoms with Gasteiger partial charge in [0, 0.05) is 11.8 Å². The van der Waals surface area contributed by atoms with Crippen LogP contribution in [-0.2, 0) is 11.2 Å². The second-order valence-corrected chi connectivity index (χ2v) is 5.48. The zero-order valence-corrected chi connectivity index (χ0v) is 12.8. The average molecular weight is 297 g/mol. The van der Waals surface area contributed by atoms with Crippen molar-refractivity contribution in [2.45, 2.75) is 25.9 Å². The summed E-state index contributed by atoms with van der Waals surface area (Å²) in [6.45, 7) is 2.02. The van der Waals surface area contributed by atoms with Gasteiger partial charge in [-0.3, -0.25) is 4.79 Å². The largest absolute Gasteiger partial charge is 0.497 e. The summed E-state index contributed by atoms with van der Waals surface area (Å²) in [5.74, 6) is 1.40. The number of ether oxygens (including phenoxy) is 2. The third-order valence-electron chi connectivity index (χ3n) is 3.80. The fourth-order valence-corrected chi connectivity index (χ4v) is 2.58. The van der Waals surface area contributed by atoms with Gasteiger partial charge in [0.1, 0.15) is 11.5 Å². The molecule has 1 atom stereocenters. The van der Waals surface area contributed by atoms with Crippen LogP contribution in [0.4, 0.5) is 5.69 Å². The Balaban J connectivity index is 1.71. The van der Waals surface area contributed by atoms with Crippen LogP contribution < -0.4 is 14.8 Å². The number of carbonyl (C=O) groups excluding carboxylic acids is 1. The molecular weight excluding hydrogens is 278 g/mol. The van der Waals surface area contributed by atoms with Crippen molar-refractivity contribution in [3.63, 3.8) is 0 Å². The third kappa shape index (κ3) is 3.06. The molecule has 2 aromatic carbocycles. The molecule has 1 amide bonds. The molecule has 0 bridgehead atoms. The van der Waals surface area contributed by atoms with Crippen molar-refractivity contribution >= 4 is 11.6 Å². The number of benzene rings is 2. The van der Waals surface area contributed by atoms with Crippen molar-refractivity contribution in [2.75, 3.05) is 12.4 Å². The number of aryl methyl sites for hydroxylation is 2. The Morgan fingerprint density at radius 2 is 2.14 bits per heavy atom. The summed E-state index contributed by atoms with van der Waals surface area (Å²) >= 11 is 0. The van der Waals surface area contributed by atoms with E-state index in [0.717, 1.165) is 23.3 Å². The topological polar surface area (TPSA) is 47.6 Å². The van der Waals surface area contributed by atoms with E-state index in [1.807, 2.05) is 31.2 Å². The summed E-state index contributed by atoms with van der Waals surface area (Å²) in [7, 11) is 1.60. The molecule has 114 valence electrons. The normalized spacial score (nSPS) is 16.4. The first-order valence-corrected chi connectivity index (χ1v) is 7.37. The van der Waals surface area contributed by atoms with E-state index in [4.69, 9.17) is 9.47 Å². The summed E-state index contributed by atoms with van der Waals surface area (Å²) in [5.41, 5.74) is 3.01. The quantitative estimate of drug-likeness (QED) is 0.945.